The lowest BCUT2D eigenvalue weighted by atomic mass is 9.91. The fourth-order valence-corrected chi connectivity index (χ4v) is 2.10. The van der Waals surface area contributed by atoms with Crippen LogP contribution in [0.1, 0.15) is 49.7 Å². The molecule has 1 aromatic carbocycles. The van der Waals surface area contributed by atoms with Crippen LogP contribution in [0, 0.1) is 11.3 Å². The van der Waals surface area contributed by atoms with Gasteiger partial charge in [-0.15, -0.1) is 0 Å². The van der Waals surface area contributed by atoms with Gasteiger partial charge in [0, 0.05) is 12.8 Å². The number of carbonyl (C=O) groups excluding carboxylic acids is 1. The predicted molar refractivity (Wildman–Crippen MR) is 74.9 cm³/mol. The van der Waals surface area contributed by atoms with Crippen LogP contribution in [0.25, 0.3) is 0 Å². The molecule has 2 atom stereocenters. The van der Waals surface area contributed by atoms with Crippen molar-refractivity contribution in [2.45, 2.75) is 51.1 Å². The van der Waals surface area contributed by atoms with Crippen LogP contribution in [0.3, 0.4) is 0 Å². The minimum atomic E-state index is -4.59. The second-order valence-electron chi connectivity index (χ2n) is 4.99. The van der Waals surface area contributed by atoms with Crippen molar-refractivity contribution in [3.63, 3.8) is 0 Å². The van der Waals surface area contributed by atoms with Crippen molar-refractivity contribution in [3.8, 4) is 6.07 Å². The lowest BCUT2D eigenvalue weighted by molar-refractivity contribution is -0.158. The topological polar surface area (TPSA) is 50.1 Å². The molecule has 7 heteroatoms. The lowest BCUT2D eigenvalue weighted by Gasteiger charge is -2.16. The first kappa shape index (κ1) is 18.9. The van der Waals surface area contributed by atoms with Gasteiger partial charge in [0.25, 0.3) is 0 Å². The number of hydrogen-bond acceptors (Lipinski definition) is 3. The van der Waals surface area contributed by atoms with Gasteiger partial charge in [-0.1, -0.05) is 25.1 Å². The van der Waals surface area contributed by atoms with E-state index in [9.17, 15) is 22.4 Å². The molecule has 0 bridgehead atoms. The molecular weight excluding hydrogens is 314 g/mol. The summed E-state index contributed by atoms with van der Waals surface area (Å²) in [6.07, 6.45) is -6.25. The van der Waals surface area contributed by atoms with Crippen LogP contribution in [0.2, 0.25) is 0 Å². The molecule has 23 heavy (non-hydrogen) atoms. The third-order valence-electron chi connectivity index (χ3n) is 3.21. The third-order valence-corrected chi connectivity index (χ3v) is 3.21. The number of nitriles is 1. The Morgan fingerprint density at radius 2 is 1.96 bits per heavy atom. The van der Waals surface area contributed by atoms with Crippen molar-refractivity contribution in [1.29, 1.82) is 5.26 Å². The number of hydrogen-bond donors (Lipinski definition) is 0. The molecule has 3 nitrogen and oxygen atoms in total. The first-order valence-electron chi connectivity index (χ1n) is 7.18. The number of alkyl halides is 4. The molecular formula is C16H17F4NO2. The Morgan fingerprint density at radius 1 is 1.30 bits per heavy atom. The summed E-state index contributed by atoms with van der Waals surface area (Å²) in [7, 11) is 0. The highest BCUT2D eigenvalue weighted by Gasteiger charge is 2.35. The maximum absolute atomic E-state index is 13.1. The van der Waals surface area contributed by atoms with E-state index in [-0.39, 0.29) is 24.8 Å². The van der Waals surface area contributed by atoms with Crippen LogP contribution >= 0.6 is 0 Å². The van der Waals surface area contributed by atoms with Crippen LogP contribution in [0.15, 0.2) is 24.3 Å². The summed E-state index contributed by atoms with van der Waals surface area (Å²) in [5.41, 5.74) is -1.10. The average molecular weight is 331 g/mol. The van der Waals surface area contributed by atoms with E-state index in [0.29, 0.717) is 6.42 Å². The van der Waals surface area contributed by atoms with Crippen LogP contribution in [-0.2, 0) is 15.7 Å². The molecule has 0 N–H and O–H groups in total. The summed E-state index contributed by atoms with van der Waals surface area (Å²) < 4.78 is 56.5. The Kier molecular flexibility index (Phi) is 7.01. The van der Waals surface area contributed by atoms with Crippen molar-refractivity contribution in [1.82, 2.24) is 0 Å². The Labute approximate surface area is 131 Å². The molecule has 126 valence electrons. The molecule has 0 heterocycles. The van der Waals surface area contributed by atoms with Gasteiger partial charge < -0.3 is 4.74 Å². The van der Waals surface area contributed by atoms with Crippen molar-refractivity contribution in [2.24, 2.45) is 0 Å². The number of rotatable bonds is 7. The second-order valence-corrected chi connectivity index (χ2v) is 4.99. The highest BCUT2D eigenvalue weighted by Crippen LogP contribution is 2.36. The number of ether oxygens (including phenoxy) is 1. The summed E-state index contributed by atoms with van der Waals surface area (Å²) >= 11 is 0. The number of benzene rings is 1. The molecule has 0 saturated carbocycles. The van der Waals surface area contributed by atoms with E-state index in [4.69, 9.17) is 5.26 Å². The first-order valence-corrected chi connectivity index (χ1v) is 7.18. The molecule has 0 saturated heterocycles. The molecule has 0 spiro atoms. The summed E-state index contributed by atoms with van der Waals surface area (Å²) in [6, 6.07) is 6.48. The van der Waals surface area contributed by atoms with Gasteiger partial charge in [0.15, 0.2) is 0 Å². The summed E-state index contributed by atoms with van der Waals surface area (Å²) in [5, 5.41) is 9.11. The van der Waals surface area contributed by atoms with E-state index in [1.807, 2.05) is 0 Å². The Balaban J connectivity index is 2.76. The molecule has 1 aromatic rings. The number of halogens is 4. The van der Waals surface area contributed by atoms with E-state index in [1.54, 1.807) is 13.0 Å². The quantitative estimate of drug-likeness (QED) is 0.536. The number of nitrogens with zero attached hydrogens (tertiary/aromatic N) is 1. The van der Waals surface area contributed by atoms with Gasteiger partial charge in [-0.3, -0.25) is 4.79 Å². The van der Waals surface area contributed by atoms with Crippen molar-refractivity contribution < 1.29 is 27.1 Å². The summed E-state index contributed by atoms with van der Waals surface area (Å²) in [4.78, 5) is 11.5. The van der Waals surface area contributed by atoms with Gasteiger partial charge in [-0.2, -0.15) is 18.4 Å². The molecule has 0 aliphatic carbocycles. The molecule has 0 aliphatic rings. The molecule has 2 unspecified atom stereocenters. The molecule has 0 fully saturated rings. The van der Waals surface area contributed by atoms with Crippen molar-refractivity contribution >= 4 is 5.97 Å². The molecule has 0 aromatic heterocycles. The Bertz CT molecular complexity index is 566. The number of esters is 1. The maximum atomic E-state index is 13.1. The SMILES string of the molecule is CCCC(F)OC(=O)CCC(C#N)c1ccccc1C(F)(F)F. The first-order chi connectivity index (χ1) is 10.8. The minimum Gasteiger partial charge on any atom is -0.431 e. The van der Waals surface area contributed by atoms with Crippen LogP contribution in [-0.4, -0.2) is 12.3 Å². The van der Waals surface area contributed by atoms with E-state index in [1.165, 1.54) is 18.2 Å². The lowest BCUT2D eigenvalue weighted by Crippen LogP contribution is -2.15. The van der Waals surface area contributed by atoms with E-state index < -0.39 is 30.0 Å². The van der Waals surface area contributed by atoms with Crippen molar-refractivity contribution in [2.75, 3.05) is 0 Å². The molecule has 1 rings (SSSR count). The van der Waals surface area contributed by atoms with Gasteiger partial charge in [0.05, 0.1) is 17.6 Å². The van der Waals surface area contributed by atoms with E-state index in [2.05, 4.69) is 4.74 Å². The maximum Gasteiger partial charge on any atom is 0.416 e. The van der Waals surface area contributed by atoms with Crippen LogP contribution in [0.5, 0.6) is 0 Å². The fourth-order valence-electron chi connectivity index (χ4n) is 2.10. The van der Waals surface area contributed by atoms with E-state index in [0.717, 1.165) is 6.07 Å². The molecule has 0 aliphatic heterocycles. The van der Waals surface area contributed by atoms with E-state index >= 15 is 0 Å². The van der Waals surface area contributed by atoms with Gasteiger partial charge in [0.2, 0.25) is 6.36 Å². The van der Waals surface area contributed by atoms with Gasteiger partial charge in [-0.25, -0.2) is 4.39 Å². The monoisotopic (exact) mass is 331 g/mol. The smallest absolute Gasteiger partial charge is 0.416 e. The third kappa shape index (κ3) is 5.89. The van der Waals surface area contributed by atoms with Gasteiger partial charge in [-0.05, 0) is 24.5 Å². The van der Waals surface area contributed by atoms with Crippen molar-refractivity contribution in [3.05, 3.63) is 35.4 Å². The van der Waals surface area contributed by atoms with Crippen LogP contribution < -0.4 is 0 Å². The van der Waals surface area contributed by atoms with Crippen LogP contribution in [0.4, 0.5) is 17.6 Å². The molecule has 0 radical (unpaired) electrons. The summed E-state index contributed by atoms with van der Waals surface area (Å²) in [6.45, 7) is 1.72. The minimum absolute atomic E-state index is 0.0598. The number of carbonyl (C=O) groups is 1. The molecule has 0 amide bonds. The zero-order valence-electron chi connectivity index (χ0n) is 12.6. The Morgan fingerprint density at radius 3 is 2.52 bits per heavy atom. The predicted octanol–water partition coefficient (Wildman–Crippen LogP) is 4.73. The standard InChI is InChI=1S/C16H17F4NO2/c1-2-5-14(17)23-15(22)9-8-11(10-21)12-6-3-4-7-13(12)16(18,19)20/h3-4,6-7,11,14H,2,5,8-9H2,1H3. The van der Waals surface area contributed by atoms with Gasteiger partial charge in [0.1, 0.15) is 0 Å². The fraction of sp³-hybridized carbons (Fsp3) is 0.500. The zero-order chi connectivity index (χ0) is 17.5. The second kappa shape index (κ2) is 8.51. The largest absolute Gasteiger partial charge is 0.431 e. The normalized spacial score (nSPS) is 13.9. The average Bonchev–Trinajstić information content (AvgIpc) is 2.47. The summed E-state index contributed by atoms with van der Waals surface area (Å²) in [5.74, 6) is -1.99. The van der Waals surface area contributed by atoms with Gasteiger partial charge >= 0.3 is 12.1 Å². The Hall–Kier alpha value is -2.10. The highest BCUT2D eigenvalue weighted by molar-refractivity contribution is 5.69. The highest BCUT2D eigenvalue weighted by atomic mass is 19.4. The zero-order valence-corrected chi connectivity index (χ0v) is 12.6.